The van der Waals surface area contributed by atoms with Crippen molar-refractivity contribution in [2.75, 3.05) is 78.0 Å². The first-order chi connectivity index (χ1) is 45.6. The Morgan fingerprint density at radius 1 is 0.969 bits per heavy atom. The third-order valence-electron chi connectivity index (χ3n) is 16.7. The van der Waals surface area contributed by atoms with Crippen LogP contribution in [-0.4, -0.2) is 207 Å². The Bertz CT molecular complexity index is 3280. The summed E-state index contributed by atoms with van der Waals surface area (Å²) in [6.07, 6.45) is -7.99. The van der Waals surface area contributed by atoms with Crippen molar-refractivity contribution in [2.24, 2.45) is 17.6 Å². The van der Waals surface area contributed by atoms with Gasteiger partial charge in [0.1, 0.15) is 52.8 Å². The van der Waals surface area contributed by atoms with E-state index in [9.17, 15) is 53.4 Å². The molecule has 29 nitrogen and oxygen atoms in total. The number of nitrogens with one attached hydrogen (secondary N) is 6. The number of anilines is 2. The predicted octanol–water partition coefficient (Wildman–Crippen LogP) is 3.39. The largest absolute Gasteiger partial charge is 0.495 e. The molecule has 1 unspecified atom stereocenters. The number of alkyl carbamates (subject to hydrolysis) is 1. The number of aliphatic hydroxyl groups excluding tert-OH is 1. The van der Waals surface area contributed by atoms with Crippen LogP contribution >= 0.6 is 23.8 Å². The molecule has 0 aromatic heterocycles. The van der Waals surface area contributed by atoms with E-state index in [-0.39, 0.29) is 99.6 Å². The van der Waals surface area contributed by atoms with Crippen LogP contribution < -0.4 is 47.3 Å². The van der Waals surface area contributed by atoms with Crippen molar-refractivity contribution in [3.8, 4) is 5.75 Å². The number of ether oxygens (including phenoxy) is 7. The Labute approximate surface area is 569 Å². The van der Waals surface area contributed by atoms with Crippen molar-refractivity contribution in [3.63, 3.8) is 0 Å². The van der Waals surface area contributed by atoms with Gasteiger partial charge in [-0.25, -0.2) is 14.4 Å². The van der Waals surface area contributed by atoms with Crippen LogP contribution in [0.4, 0.5) is 29.3 Å². The van der Waals surface area contributed by atoms with E-state index < -0.39 is 155 Å². The van der Waals surface area contributed by atoms with Crippen LogP contribution in [0.25, 0.3) is 0 Å². The Balaban J connectivity index is 1.14. The van der Waals surface area contributed by atoms with Crippen LogP contribution in [0.5, 0.6) is 5.75 Å². The normalized spacial score (nSPS) is 24.2. The number of imide groups is 1. The topological polar surface area (TPSA) is 379 Å². The lowest BCUT2D eigenvalue weighted by molar-refractivity contribution is -0.198. The number of benzene rings is 2. The van der Waals surface area contributed by atoms with Gasteiger partial charge in [-0.1, -0.05) is 56.2 Å². The van der Waals surface area contributed by atoms with E-state index in [0.29, 0.717) is 28.0 Å². The molecule has 2 aromatic rings. The van der Waals surface area contributed by atoms with E-state index in [1.54, 1.807) is 58.1 Å². The van der Waals surface area contributed by atoms with E-state index >= 15 is 13.2 Å². The number of aliphatic hydroxyl groups is 2. The maximum absolute atomic E-state index is 15.2. The summed E-state index contributed by atoms with van der Waals surface area (Å²) in [6.45, 7) is 10.1. The minimum absolute atomic E-state index is 0.0237. The lowest BCUT2D eigenvalue weighted by Gasteiger charge is -2.42. The molecule has 7 amide bonds. The molecule has 4 aliphatic heterocycles. The summed E-state index contributed by atoms with van der Waals surface area (Å²) in [7, 11) is 5.26. The molecule has 536 valence electrons. The number of likely N-dealkylation sites (N-methyl/N-ethyl adjacent to an activating group) is 1. The number of methoxy groups -OCH3 is 2. The fraction of sp³-hybridized carbons (Fsp3) is 0.587. The SMILES string of the molecule is COc1cc2cc(c1Cl)N(C)C(=O)C[C@H](OC(=O)[C@H](C)N(C)C(=O)c1ccc(NC(=O)[C@H](CCCNC(N)O)NC(=O)[C@@H](NC(=S)NCCOCCOCCC(=O)ON3C(=O)CCC3=O)C(C)C)cc1C(F)(F)F)[C@]1(C)O[C@H]1[C@H](C)[C@@H]1C[C@@](O)(NC(=O)O1)[C@H](OC)/C=C/C=C(\C)C2. The smallest absolute Gasteiger partial charge is 0.417 e. The van der Waals surface area contributed by atoms with Crippen LogP contribution in [0.1, 0.15) is 108 Å². The maximum atomic E-state index is 15.2. The van der Waals surface area contributed by atoms with Gasteiger partial charge >= 0.3 is 24.2 Å². The number of allylic oxidation sites excluding steroid dienone is 3. The summed E-state index contributed by atoms with van der Waals surface area (Å²) in [5, 5.41) is 37.9. The third kappa shape index (κ3) is 21.2. The number of nitrogens with two attached hydrogens (primary N) is 1. The van der Waals surface area contributed by atoms with Gasteiger partial charge in [0.05, 0.1) is 69.3 Å². The number of nitrogens with zero attached hydrogens (tertiary/aromatic N) is 3. The molecule has 34 heteroatoms. The van der Waals surface area contributed by atoms with Crippen LogP contribution in [0, 0.1) is 11.8 Å². The second kappa shape index (κ2) is 34.7. The van der Waals surface area contributed by atoms with Gasteiger partial charge in [-0.05, 0) is 101 Å². The van der Waals surface area contributed by atoms with Gasteiger partial charge in [-0.3, -0.25) is 45.1 Å². The van der Waals surface area contributed by atoms with Crippen molar-refractivity contribution in [3.05, 3.63) is 75.8 Å². The molecule has 0 aliphatic carbocycles. The number of fused-ring (bicyclic) bond motifs is 5. The zero-order valence-electron chi connectivity index (χ0n) is 55.5. The van der Waals surface area contributed by atoms with E-state index in [1.807, 2.05) is 6.92 Å². The number of carbonyl (C=O) groups is 9. The van der Waals surface area contributed by atoms with Crippen molar-refractivity contribution < 1.29 is 105 Å². The Morgan fingerprint density at radius 2 is 1.65 bits per heavy atom. The zero-order valence-corrected chi connectivity index (χ0v) is 57.0. The highest BCUT2D eigenvalue weighted by atomic mass is 35.5. The monoisotopic (exact) mass is 1410 g/mol. The Morgan fingerprint density at radius 3 is 2.29 bits per heavy atom. The standard InChI is InChI=1S/C63H86ClF3N10O19S/c1-33(2)52(73-59(97)70-22-24-92-26-25-91-23-20-50(81)96-77-47(78)18-19-48(77)79)55(83)72-41(14-12-21-69-58(68)86)54(82)71-38-16-17-39(40(30-38)63(65,66)67)56(84)75(7)36(5)57(85)94-46-31-49(80)76(8)42-28-37(29-43(89-9)51(42)64)27-34(3)13-11-15-45(90-10)62(88)32-44(93-60(87)74-62)35(4)53-61(46,6)95-53/h11,13,15-17,28-30,33,35-36,41,44-46,52-53,58,69,86,88H,12,14,18-27,31-32,68H2,1-10H3,(H,71,82)(H,72,83)(H,74,87)(H2,70,73,97)/b15-11+,34-13+/t35-,36+,41+,44+,45-,46+,52+,53+,58?,61+,62+/m1/s1. The molecule has 2 aromatic carbocycles. The van der Waals surface area contributed by atoms with E-state index in [1.165, 1.54) is 33.1 Å². The number of esters is 1. The molecule has 97 heavy (non-hydrogen) atoms. The molecule has 4 heterocycles. The van der Waals surface area contributed by atoms with Gasteiger partial charge in [0, 0.05) is 58.6 Å². The Kier molecular flexibility index (Phi) is 28.1. The summed E-state index contributed by atoms with van der Waals surface area (Å²) >= 11 is 12.2. The molecule has 3 fully saturated rings. The first-order valence-electron chi connectivity index (χ1n) is 31.2. The number of epoxide rings is 1. The van der Waals surface area contributed by atoms with E-state index in [4.69, 9.17) is 67.5 Å². The molecular formula is C63H86ClF3N10O19S. The first kappa shape index (κ1) is 78.4. The summed E-state index contributed by atoms with van der Waals surface area (Å²) in [4.78, 5) is 126. The van der Waals surface area contributed by atoms with Crippen LogP contribution in [0.3, 0.4) is 0 Å². The number of rotatable bonds is 27. The number of thiocarbonyl (C=S) groups is 1. The average molecular weight is 1410 g/mol. The van der Waals surface area contributed by atoms with Crippen LogP contribution in [0.15, 0.2) is 54.1 Å². The minimum Gasteiger partial charge on any atom is -0.495 e. The summed E-state index contributed by atoms with van der Waals surface area (Å²) < 4.78 is 85.6. The molecule has 6 rings (SSSR count). The van der Waals surface area contributed by atoms with E-state index in [2.05, 4.69) is 31.9 Å². The van der Waals surface area contributed by atoms with Gasteiger partial charge in [0.25, 0.3) is 17.7 Å². The van der Waals surface area contributed by atoms with Crippen LogP contribution in [0.2, 0.25) is 5.02 Å². The summed E-state index contributed by atoms with van der Waals surface area (Å²) in [5.41, 5.74) is 0.694. The second-order valence-corrected chi connectivity index (χ2v) is 25.1. The van der Waals surface area contributed by atoms with Crippen molar-refractivity contribution in [1.82, 2.24) is 36.5 Å². The molecule has 0 radical (unpaired) electrons. The van der Waals surface area contributed by atoms with Crippen LogP contribution in [-0.2, 0) is 79.4 Å². The van der Waals surface area contributed by atoms with Gasteiger partial charge in [-0.15, -0.1) is 5.06 Å². The highest BCUT2D eigenvalue weighted by Crippen LogP contribution is 2.49. The van der Waals surface area contributed by atoms with Gasteiger partial charge in [0.15, 0.2) is 17.2 Å². The van der Waals surface area contributed by atoms with E-state index in [0.717, 1.165) is 24.8 Å². The molecule has 11 atom stereocenters. The number of amides is 7. The second-order valence-electron chi connectivity index (χ2n) is 24.3. The first-order valence-corrected chi connectivity index (χ1v) is 32.0. The van der Waals surface area contributed by atoms with Gasteiger partial charge < -0.3 is 79.3 Å². The quantitative estimate of drug-likeness (QED) is 0.0155. The molecule has 3 saturated heterocycles. The predicted molar refractivity (Wildman–Crippen MR) is 346 cm³/mol. The lowest BCUT2D eigenvalue weighted by Crippen LogP contribution is -2.63. The highest BCUT2D eigenvalue weighted by Gasteiger charge is 2.64. The molecule has 0 saturated carbocycles. The average Bonchev–Trinajstić information content (AvgIpc) is 1.57. The molecule has 10 N–H and O–H groups in total. The molecular weight excluding hydrogens is 1330 g/mol. The van der Waals surface area contributed by atoms with Crippen molar-refractivity contribution in [2.45, 2.75) is 159 Å². The number of hydrogen-bond acceptors (Lipinski definition) is 22. The molecule has 4 aliphatic rings. The van der Waals surface area contributed by atoms with Crippen molar-refractivity contribution in [1.29, 1.82) is 0 Å². The molecule has 0 spiro atoms. The Hall–Kier alpha value is -7.60. The molecule has 4 bridgehead atoms. The number of halogens is 4. The highest BCUT2D eigenvalue weighted by molar-refractivity contribution is 7.80. The number of alkyl halides is 3. The summed E-state index contributed by atoms with van der Waals surface area (Å²) in [5.74, 6) is -7.84. The van der Waals surface area contributed by atoms with Gasteiger partial charge in [0.2, 0.25) is 17.7 Å². The number of carbonyl (C=O) groups excluding carboxylic acids is 9. The summed E-state index contributed by atoms with van der Waals surface area (Å²) in [6, 6.07) is 1.57. The maximum Gasteiger partial charge on any atom is 0.417 e. The minimum atomic E-state index is -5.25. The number of hydroxylamine groups is 2. The fourth-order valence-electron chi connectivity index (χ4n) is 11.0. The third-order valence-corrected chi connectivity index (χ3v) is 17.4. The number of hydrogen-bond donors (Lipinski definition) is 9. The lowest BCUT2D eigenvalue weighted by atomic mass is 9.83. The zero-order chi connectivity index (χ0) is 71.9. The van der Waals surface area contributed by atoms with Crippen molar-refractivity contribution >= 4 is 93.8 Å². The fourth-order valence-corrected chi connectivity index (χ4v) is 11.5. The van der Waals surface area contributed by atoms with Gasteiger partial charge in [-0.2, -0.15) is 13.2 Å².